The van der Waals surface area contributed by atoms with Crippen LogP contribution in [0.2, 0.25) is 0 Å². The minimum atomic E-state index is -0.0457. The fourth-order valence-corrected chi connectivity index (χ4v) is 4.32. The van der Waals surface area contributed by atoms with E-state index >= 15 is 0 Å². The van der Waals surface area contributed by atoms with E-state index in [1.165, 1.54) is 11.8 Å². The first kappa shape index (κ1) is 21.2. The zero-order chi connectivity index (χ0) is 20.6. The van der Waals surface area contributed by atoms with Crippen molar-refractivity contribution in [1.82, 2.24) is 9.80 Å². The third kappa shape index (κ3) is 5.76. The molecule has 154 valence electrons. The molecule has 1 aliphatic rings. The molecule has 5 nitrogen and oxygen atoms in total. The van der Waals surface area contributed by atoms with E-state index in [-0.39, 0.29) is 11.8 Å². The van der Waals surface area contributed by atoms with Crippen LogP contribution in [0.25, 0.3) is 0 Å². The summed E-state index contributed by atoms with van der Waals surface area (Å²) in [5.41, 5.74) is 1.68. The Morgan fingerprint density at radius 2 is 1.76 bits per heavy atom. The molecule has 0 radical (unpaired) electrons. The topological polar surface area (TPSA) is 49.9 Å². The Kier molecular flexibility index (Phi) is 7.58. The summed E-state index contributed by atoms with van der Waals surface area (Å²) in [6.45, 7) is 4.80. The Morgan fingerprint density at radius 1 is 1.07 bits per heavy atom. The highest BCUT2D eigenvalue weighted by atomic mass is 32.2. The molecule has 6 heteroatoms. The van der Waals surface area contributed by atoms with E-state index in [2.05, 4.69) is 0 Å². The van der Waals surface area contributed by atoms with Crippen molar-refractivity contribution in [2.45, 2.75) is 31.2 Å². The standard InChI is InChI=1S/C23H28N2O3S/c1-3-28-19-12-10-18(11-13-19)16-24(2)23(27)20-8-4-5-9-21(20)29-17-22(26)25-14-6-7-15-25/h4-5,8-13H,3,6-7,14-17H2,1-2H3. The summed E-state index contributed by atoms with van der Waals surface area (Å²) in [6, 6.07) is 15.3. The van der Waals surface area contributed by atoms with Crippen LogP contribution in [0, 0.1) is 0 Å². The normalized spacial score (nSPS) is 13.4. The van der Waals surface area contributed by atoms with Crippen LogP contribution in [0.15, 0.2) is 53.4 Å². The Labute approximate surface area is 177 Å². The van der Waals surface area contributed by atoms with E-state index in [4.69, 9.17) is 4.74 Å². The van der Waals surface area contributed by atoms with Gasteiger partial charge in [-0.05, 0) is 49.6 Å². The summed E-state index contributed by atoms with van der Waals surface area (Å²) >= 11 is 1.45. The first-order valence-corrected chi connectivity index (χ1v) is 11.0. The second-order valence-electron chi connectivity index (χ2n) is 7.11. The highest BCUT2D eigenvalue weighted by Gasteiger charge is 2.20. The average Bonchev–Trinajstić information content (AvgIpc) is 3.28. The molecule has 1 heterocycles. The van der Waals surface area contributed by atoms with E-state index in [1.54, 1.807) is 11.9 Å². The molecule has 0 unspecified atom stereocenters. The number of carbonyl (C=O) groups is 2. The van der Waals surface area contributed by atoms with Crippen LogP contribution in [-0.2, 0) is 11.3 Å². The predicted octanol–water partition coefficient (Wildman–Crippen LogP) is 4.07. The van der Waals surface area contributed by atoms with Crippen LogP contribution in [0.4, 0.5) is 0 Å². The number of amides is 2. The number of likely N-dealkylation sites (tertiary alicyclic amines) is 1. The fraction of sp³-hybridized carbons (Fsp3) is 0.391. The first-order valence-electron chi connectivity index (χ1n) is 10.0. The lowest BCUT2D eigenvalue weighted by atomic mass is 10.1. The van der Waals surface area contributed by atoms with Gasteiger partial charge in [0, 0.05) is 31.6 Å². The molecule has 1 fully saturated rings. The third-order valence-electron chi connectivity index (χ3n) is 4.93. The summed E-state index contributed by atoms with van der Waals surface area (Å²) in [5, 5.41) is 0. The van der Waals surface area contributed by atoms with Crippen LogP contribution in [-0.4, -0.2) is 54.1 Å². The second kappa shape index (κ2) is 10.3. The highest BCUT2D eigenvalue weighted by Crippen LogP contribution is 2.25. The largest absolute Gasteiger partial charge is 0.494 e. The molecule has 0 N–H and O–H groups in total. The van der Waals surface area contributed by atoms with Gasteiger partial charge in [-0.15, -0.1) is 11.8 Å². The summed E-state index contributed by atoms with van der Waals surface area (Å²) in [5.74, 6) is 1.30. The quantitative estimate of drug-likeness (QED) is 0.613. The number of nitrogens with zero attached hydrogens (tertiary/aromatic N) is 2. The molecule has 3 rings (SSSR count). The molecule has 2 aromatic rings. The molecule has 1 aliphatic heterocycles. The maximum atomic E-state index is 13.0. The van der Waals surface area contributed by atoms with Crippen LogP contribution in [0.3, 0.4) is 0 Å². The van der Waals surface area contributed by atoms with Crippen molar-refractivity contribution in [3.8, 4) is 5.75 Å². The summed E-state index contributed by atoms with van der Waals surface area (Å²) in [6.07, 6.45) is 2.17. The summed E-state index contributed by atoms with van der Waals surface area (Å²) in [4.78, 5) is 29.8. The lowest BCUT2D eigenvalue weighted by Crippen LogP contribution is -2.29. The molecule has 1 saturated heterocycles. The number of carbonyl (C=O) groups excluding carboxylic acids is 2. The molecule has 0 bridgehead atoms. The van der Waals surface area contributed by atoms with Crippen molar-refractivity contribution in [2.75, 3.05) is 32.5 Å². The molecule has 0 saturated carbocycles. The van der Waals surface area contributed by atoms with E-state index in [1.807, 2.05) is 60.4 Å². The van der Waals surface area contributed by atoms with E-state index < -0.39 is 0 Å². The molecular formula is C23H28N2O3S. The molecule has 0 aliphatic carbocycles. The number of hydrogen-bond acceptors (Lipinski definition) is 4. The van der Waals surface area contributed by atoms with Crippen LogP contribution in [0.1, 0.15) is 35.7 Å². The van der Waals surface area contributed by atoms with Gasteiger partial charge in [0.05, 0.1) is 17.9 Å². The lowest BCUT2D eigenvalue weighted by molar-refractivity contribution is -0.127. The van der Waals surface area contributed by atoms with Gasteiger partial charge in [-0.1, -0.05) is 24.3 Å². The van der Waals surface area contributed by atoms with E-state index in [9.17, 15) is 9.59 Å². The Balaban J connectivity index is 1.62. The summed E-state index contributed by atoms with van der Waals surface area (Å²) < 4.78 is 5.47. The number of ether oxygens (including phenoxy) is 1. The van der Waals surface area contributed by atoms with Crippen molar-refractivity contribution < 1.29 is 14.3 Å². The average molecular weight is 413 g/mol. The number of rotatable bonds is 8. The van der Waals surface area contributed by atoms with Crippen molar-refractivity contribution in [3.05, 3.63) is 59.7 Å². The SMILES string of the molecule is CCOc1ccc(CN(C)C(=O)c2ccccc2SCC(=O)N2CCCC2)cc1. The van der Waals surface area contributed by atoms with Gasteiger partial charge in [0.2, 0.25) is 5.91 Å². The van der Waals surface area contributed by atoms with Gasteiger partial charge in [-0.3, -0.25) is 9.59 Å². The third-order valence-corrected chi connectivity index (χ3v) is 5.99. The Morgan fingerprint density at radius 3 is 2.45 bits per heavy atom. The maximum absolute atomic E-state index is 13.0. The smallest absolute Gasteiger partial charge is 0.255 e. The minimum Gasteiger partial charge on any atom is -0.494 e. The van der Waals surface area contributed by atoms with Gasteiger partial charge in [0.25, 0.3) is 5.91 Å². The minimum absolute atomic E-state index is 0.0457. The Bertz CT molecular complexity index is 832. The zero-order valence-corrected chi connectivity index (χ0v) is 17.9. The van der Waals surface area contributed by atoms with Gasteiger partial charge in [0.1, 0.15) is 5.75 Å². The molecule has 2 amide bonds. The summed E-state index contributed by atoms with van der Waals surface area (Å²) in [7, 11) is 1.80. The monoisotopic (exact) mass is 412 g/mol. The molecule has 0 aromatic heterocycles. The number of benzene rings is 2. The molecule has 2 aromatic carbocycles. The van der Waals surface area contributed by atoms with Gasteiger partial charge in [-0.25, -0.2) is 0 Å². The van der Waals surface area contributed by atoms with Crippen molar-refractivity contribution in [3.63, 3.8) is 0 Å². The van der Waals surface area contributed by atoms with Crippen LogP contribution >= 0.6 is 11.8 Å². The Hall–Kier alpha value is -2.47. The van der Waals surface area contributed by atoms with Crippen molar-refractivity contribution >= 4 is 23.6 Å². The van der Waals surface area contributed by atoms with Gasteiger partial charge in [-0.2, -0.15) is 0 Å². The van der Waals surface area contributed by atoms with Crippen molar-refractivity contribution in [2.24, 2.45) is 0 Å². The highest BCUT2D eigenvalue weighted by molar-refractivity contribution is 8.00. The van der Waals surface area contributed by atoms with Gasteiger partial charge >= 0.3 is 0 Å². The van der Waals surface area contributed by atoms with Crippen LogP contribution in [0.5, 0.6) is 5.75 Å². The number of hydrogen-bond donors (Lipinski definition) is 0. The van der Waals surface area contributed by atoms with E-state index in [0.29, 0.717) is 24.5 Å². The number of thioether (sulfide) groups is 1. The zero-order valence-electron chi connectivity index (χ0n) is 17.1. The molecule has 0 spiro atoms. The molecule has 0 atom stereocenters. The van der Waals surface area contributed by atoms with Gasteiger partial charge in [0.15, 0.2) is 0 Å². The van der Waals surface area contributed by atoms with Crippen LogP contribution < -0.4 is 4.74 Å². The molecular weight excluding hydrogens is 384 g/mol. The second-order valence-corrected chi connectivity index (χ2v) is 8.13. The lowest BCUT2D eigenvalue weighted by Gasteiger charge is -2.20. The van der Waals surface area contributed by atoms with E-state index in [0.717, 1.165) is 42.1 Å². The fourth-order valence-electron chi connectivity index (χ4n) is 3.38. The predicted molar refractivity (Wildman–Crippen MR) is 116 cm³/mol. The van der Waals surface area contributed by atoms with Gasteiger partial charge < -0.3 is 14.5 Å². The molecule has 29 heavy (non-hydrogen) atoms. The first-order chi connectivity index (χ1) is 14.1. The maximum Gasteiger partial charge on any atom is 0.255 e. The van der Waals surface area contributed by atoms with Crippen molar-refractivity contribution in [1.29, 1.82) is 0 Å².